The van der Waals surface area contributed by atoms with E-state index in [1.807, 2.05) is 6.92 Å². The monoisotopic (exact) mass is 206 g/mol. The van der Waals surface area contributed by atoms with E-state index < -0.39 is 0 Å². The Kier molecular flexibility index (Phi) is 2.37. The van der Waals surface area contributed by atoms with Crippen LogP contribution in [0, 0.1) is 6.92 Å². The zero-order chi connectivity index (χ0) is 9.97. The van der Waals surface area contributed by atoms with E-state index in [1.54, 1.807) is 24.7 Å². The standard InChI is InChI=1S/C9H7ClN4/c1-6-4-12-8(13-5-6)9-11-3-2-7(10)14-9/h2-5H,1H3. The number of hydrogen-bond acceptors (Lipinski definition) is 4. The topological polar surface area (TPSA) is 51.6 Å². The largest absolute Gasteiger partial charge is 0.234 e. The molecule has 0 bridgehead atoms. The lowest BCUT2D eigenvalue weighted by molar-refractivity contribution is 1.06. The summed E-state index contributed by atoms with van der Waals surface area (Å²) in [5, 5.41) is 0.388. The number of halogens is 1. The highest BCUT2D eigenvalue weighted by molar-refractivity contribution is 6.29. The Labute approximate surface area is 86.0 Å². The van der Waals surface area contributed by atoms with Crippen LogP contribution in [-0.4, -0.2) is 19.9 Å². The van der Waals surface area contributed by atoms with E-state index in [4.69, 9.17) is 11.6 Å². The van der Waals surface area contributed by atoms with Gasteiger partial charge >= 0.3 is 0 Å². The molecule has 70 valence electrons. The van der Waals surface area contributed by atoms with Crippen molar-refractivity contribution in [2.45, 2.75) is 6.92 Å². The van der Waals surface area contributed by atoms with Crippen LogP contribution in [0.3, 0.4) is 0 Å². The molecular formula is C9H7ClN4. The zero-order valence-electron chi connectivity index (χ0n) is 7.48. The van der Waals surface area contributed by atoms with Crippen LogP contribution in [-0.2, 0) is 0 Å². The van der Waals surface area contributed by atoms with Crippen LogP contribution in [0.25, 0.3) is 11.6 Å². The van der Waals surface area contributed by atoms with Crippen molar-refractivity contribution >= 4 is 11.6 Å². The van der Waals surface area contributed by atoms with Gasteiger partial charge in [0.05, 0.1) is 0 Å². The lowest BCUT2D eigenvalue weighted by atomic mass is 10.4. The summed E-state index contributed by atoms with van der Waals surface area (Å²) < 4.78 is 0. The average molecular weight is 207 g/mol. The molecule has 0 amide bonds. The minimum Gasteiger partial charge on any atom is -0.234 e. The predicted octanol–water partition coefficient (Wildman–Crippen LogP) is 1.90. The first kappa shape index (κ1) is 9.02. The van der Waals surface area contributed by atoms with Gasteiger partial charge in [-0.25, -0.2) is 19.9 Å². The molecule has 4 nitrogen and oxygen atoms in total. The predicted molar refractivity (Wildman–Crippen MR) is 52.8 cm³/mol. The minimum atomic E-state index is 0.388. The second kappa shape index (κ2) is 3.67. The van der Waals surface area contributed by atoms with Crippen molar-refractivity contribution in [1.29, 1.82) is 0 Å². The van der Waals surface area contributed by atoms with E-state index in [1.165, 1.54) is 0 Å². The highest BCUT2D eigenvalue weighted by atomic mass is 35.5. The van der Waals surface area contributed by atoms with Crippen molar-refractivity contribution in [2.75, 3.05) is 0 Å². The third kappa shape index (κ3) is 1.85. The van der Waals surface area contributed by atoms with Crippen LogP contribution in [0.1, 0.15) is 5.56 Å². The Balaban J connectivity index is 2.44. The van der Waals surface area contributed by atoms with E-state index in [0.29, 0.717) is 16.8 Å². The summed E-state index contributed by atoms with van der Waals surface area (Å²) in [6.45, 7) is 1.92. The molecule has 14 heavy (non-hydrogen) atoms. The molecular weight excluding hydrogens is 200 g/mol. The zero-order valence-corrected chi connectivity index (χ0v) is 8.23. The van der Waals surface area contributed by atoms with Crippen molar-refractivity contribution < 1.29 is 0 Å². The summed E-state index contributed by atoms with van der Waals surface area (Å²) in [6.07, 6.45) is 5.01. The van der Waals surface area contributed by atoms with Gasteiger partial charge in [-0.3, -0.25) is 0 Å². The van der Waals surface area contributed by atoms with E-state index >= 15 is 0 Å². The highest BCUT2D eigenvalue weighted by Crippen LogP contribution is 2.10. The van der Waals surface area contributed by atoms with Crippen molar-refractivity contribution in [1.82, 2.24) is 19.9 Å². The van der Waals surface area contributed by atoms with Gasteiger partial charge < -0.3 is 0 Å². The van der Waals surface area contributed by atoms with E-state index in [9.17, 15) is 0 Å². The quantitative estimate of drug-likeness (QED) is 0.669. The molecule has 0 atom stereocenters. The fourth-order valence-electron chi connectivity index (χ4n) is 0.952. The Morgan fingerprint density at radius 1 is 1.07 bits per heavy atom. The molecule has 2 aromatic rings. The smallest absolute Gasteiger partial charge is 0.199 e. The van der Waals surface area contributed by atoms with Gasteiger partial charge in [0.15, 0.2) is 11.6 Å². The molecule has 0 aliphatic carbocycles. The van der Waals surface area contributed by atoms with Crippen molar-refractivity contribution in [3.8, 4) is 11.6 Å². The maximum absolute atomic E-state index is 5.72. The molecule has 0 saturated carbocycles. The first-order valence-electron chi connectivity index (χ1n) is 4.03. The number of nitrogens with zero attached hydrogens (tertiary/aromatic N) is 4. The summed E-state index contributed by atoms with van der Waals surface area (Å²) in [5.41, 5.74) is 0.996. The first-order chi connectivity index (χ1) is 6.75. The van der Waals surface area contributed by atoms with Gasteiger partial charge in [-0.05, 0) is 18.6 Å². The summed E-state index contributed by atoms with van der Waals surface area (Å²) in [4.78, 5) is 16.2. The fraction of sp³-hybridized carbons (Fsp3) is 0.111. The second-order valence-corrected chi connectivity index (χ2v) is 3.17. The molecule has 0 spiro atoms. The molecule has 2 heterocycles. The molecule has 2 aromatic heterocycles. The number of rotatable bonds is 1. The lowest BCUT2D eigenvalue weighted by Crippen LogP contribution is -1.94. The molecule has 0 aliphatic rings. The van der Waals surface area contributed by atoms with Crippen LogP contribution < -0.4 is 0 Å². The number of hydrogen-bond donors (Lipinski definition) is 0. The molecule has 0 saturated heterocycles. The SMILES string of the molecule is Cc1cnc(-c2nccc(Cl)n2)nc1. The van der Waals surface area contributed by atoms with Crippen LogP contribution in [0.4, 0.5) is 0 Å². The third-order valence-corrected chi connectivity index (χ3v) is 1.81. The summed E-state index contributed by atoms with van der Waals surface area (Å²) >= 11 is 5.72. The van der Waals surface area contributed by atoms with Crippen molar-refractivity contribution in [3.05, 3.63) is 35.4 Å². The summed E-state index contributed by atoms with van der Waals surface area (Å²) in [5.74, 6) is 0.926. The van der Waals surface area contributed by atoms with Gasteiger partial charge in [0.2, 0.25) is 0 Å². The van der Waals surface area contributed by atoms with Gasteiger partial charge in [0.1, 0.15) is 5.15 Å². The minimum absolute atomic E-state index is 0.388. The molecule has 0 fully saturated rings. The number of aryl methyl sites for hydroxylation is 1. The van der Waals surface area contributed by atoms with Gasteiger partial charge in [0.25, 0.3) is 0 Å². The first-order valence-corrected chi connectivity index (χ1v) is 4.41. The molecule has 0 N–H and O–H groups in total. The molecule has 0 aromatic carbocycles. The van der Waals surface area contributed by atoms with Crippen LogP contribution >= 0.6 is 11.6 Å². The maximum atomic E-state index is 5.72. The molecule has 2 rings (SSSR count). The fourth-order valence-corrected chi connectivity index (χ4v) is 1.09. The summed E-state index contributed by atoms with van der Waals surface area (Å²) in [6, 6.07) is 1.61. The van der Waals surface area contributed by atoms with Gasteiger partial charge in [-0.15, -0.1) is 0 Å². The van der Waals surface area contributed by atoms with Gasteiger partial charge in [0, 0.05) is 18.6 Å². The van der Waals surface area contributed by atoms with E-state index in [0.717, 1.165) is 5.56 Å². The molecule has 0 aliphatic heterocycles. The Morgan fingerprint density at radius 2 is 1.79 bits per heavy atom. The van der Waals surface area contributed by atoms with Crippen molar-refractivity contribution in [3.63, 3.8) is 0 Å². The van der Waals surface area contributed by atoms with Gasteiger partial charge in [-0.2, -0.15) is 0 Å². The van der Waals surface area contributed by atoms with E-state index in [-0.39, 0.29) is 0 Å². The van der Waals surface area contributed by atoms with Crippen LogP contribution in [0.5, 0.6) is 0 Å². The third-order valence-electron chi connectivity index (χ3n) is 1.60. The second-order valence-electron chi connectivity index (χ2n) is 2.79. The highest BCUT2D eigenvalue weighted by Gasteiger charge is 2.03. The van der Waals surface area contributed by atoms with Gasteiger partial charge in [-0.1, -0.05) is 11.6 Å². The Bertz CT molecular complexity index is 441. The van der Waals surface area contributed by atoms with E-state index in [2.05, 4.69) is 19.9 Å². The van der Waals surface area contributed by atoms with Crippen LogP contribution in [0.15, 0.2) is 24.7 Å². The number of aromatic nitrogens is 4. The Hall–Kier alpha value is -1.55. The van der Waals surface area contributed by atoms with Crippen LogP contribution in [0.2, 0.25) is 5.15 Å². The summed E-state index contributed by atoms with van der Waals surface area (Å²) in [7, 11) is 0. The molecule has 5 heteroatoms. The maximum Gasteiger partial charge on any atom is 0.199 e. The molecule has 0 unspecified atom stereocenters. The normalized spacial score (nSPS) is 10.1. The lowest BCUT2D eigenvalue weighted by Gasteiger charge is -1.97. The average Bonchev–Trinajstić information content (AvgIpc) is 2.19. The Morgan fingerprint density at radius 3 is 2.43 bits per heavy atom. The van der Waals surface area contributed by atoms with Crippen molar-refractivity contribution in [2.24, 2.45) is 0 Å². The molecule has 0 radical (unpaired) electrons.